The van der Waals surface area contributed by atoms with E-state index in [2.05, 4.69) is 16.7 Å². The highest BCUT2D eigenvalue weighted by atomic mass is 32.2. The maximum atomic E-state index is 2.55. The van der Waals surface area contributed by atoms with Crippen LogP contribution in [0.25, 0.3) is 0 Å². The summed E-state index contributed by atoms with van der Waals surface area (Å²) in [5.41, 5.74) is 0. The second kappa shape index (κ2) is 1.39. The molecule has 0 aliphatic carbocycles. The van der Waals surface area contributed by atoms with Gasteiger partial charge >= 0.3 is 0 Å². The second-order valence-electron chi connectivity index (χ2n) is 2.18. The Balaban J connectivity index is 1.83. The summed E-state index contributed by atoms with van der Waals surface area (Å²) in [6.45, 7) is 2.75. The fraction of sp³-hybridized carbons (Fsp3) is 1.00. The number of thioether (sulfide) groups is 1. The highest BCUT2D eigenvalue weighted by molar-refractivity contribution is 8.06. The van der Waals surface area contributed by atoms with Crippen LogP contribution >= 0.6 is 11.8 Å². The fourth-order valence-electron chi connectivity index (χ4n) is 0.883. The fourth-order valence-corrected chi connectivity index (χ4v) is 1.60. The maximum Gasteiger partial charge on any atom is 0.0650 e. The molecule has 0 radical (unpaired) electrons. The number of likely N-dealkylation sites (tertiary alicyclic amines) is 1. The van der Waals surface area contributed by atoms with Gasteiger partial charge < -0.3 is 0 Å². The van der Waals surface area contributed by atoms with Crippen molar-refractivity contribution >= 4 is 11.8 Å². The van der Waals surface area contributed by atoms with Crippen LogP contribution < -0.4 is 0 Å². The average molecular weight is 115 g/mol. The number of hydrogen-bond acceptors (Lipinski definition) is 2. The molecular formula is C5H9NS. The van der Waals surface area contributed by atoms with E-state index in [1.807, 2.05) is 0 Å². The van der Waals surface area contributed by atoms with E-state index in [0.29, 0.717) is 0 Å². The van der Waals surface area contributed by atoms with Crippen LogP contribution in [0.2, 0.25) is 0 Å². The molecule has 2 saturated heterocycles. The summed E-state index contributed by atoms with van der Waals surface area (Å²) < 4.78 is 0. The molecule has 2 fully saturated rings. The molecule has 0 N–H and O–H groups in total. The Labute approximate surface area is 48.1 Å². The number of rotatable bonds is 1. The van der Waals surface area contributed by atoms with E-state index in [1.54, 1.807) is 0 Å². The van der Waals surface area contributed by atoms with E-state index in [-0.39, 0.29) is 0 Å². The molecule has 2 heteroatoms. The van der Waals surface area contributed by atoms with Gasteiger partial charge in [-0.25, -0.2) is 0 Å². The van der Waals surface area contributed by atoms with E-state index < -0.39 is 0 Å². The maximum absolute atomic E-state index is 2.55. The van der Waals surface area contributed by atoms with Gasteiger partial charge in [-0.3, -0.25) is 4.90 Å². The molecule has 0 aromatic carbocycles. The Morgan fingerprint density at radius 2 is 2.14 bits per heavy atom. The predicted molar refractivity (Wildman–Crippen MR) is 32.4 cm³/mol. The van der Waals surface area contributed by atoms with Crippen molar-refractivity contribution in [2.24, 2.45) is 0 Å². The molecule has 1 atom stereocenters. The van der Waals surface area contributed by atoms with E-state index in [4.69, 9.17) is 0 Å². The van der Waals surface area contributed by atoms with Gasteiger partial charge in [0.05, 0.1) is 5.37 Å². The van der Waals surface area contributed by atoms with Gasteiger partial charge in [0.25, 0.3) is 0 Å². The molecule has 0 aromatic rings. The standard InChI is InChI=1S/C5H9NS/c1-2-6(3-1)5-4-7-5/h5H,1-4H2. The van der Waals surface area contributed by atoms with Crippen LogP contribution in [0, 0.1) is 0 Å². The molecule has 0 bridgehead atoms. The molecule has 1 unspecified atom stereocenters. The van der Waals surface area contributed by atoms with Crippen LogP contribution in [-0.4, -0.2) is 29.1 Å². The van der Waals surface area contributed by atoms with Gasteiger partial charge in [-0.1, -0.05) is 0 Å². The van der Waals surface area contributed by atoms with Crippen LogP contribution in [0.15, 0.2) is 0 Å². The van der Waals surface area contributed by atoms with Crippen LogP contribution in [0.3, 0.4) is 0 Å². The van der Waals surface area contributed by atoms with Gasteiger partial charge in [-0.15, -0.1) is 11.8 Å². The topological polar surface area (TPSA) is 3.24 Å². The van der Waals surface area contributed by atoms with Crippen molar-refractivity contribution in [1.29, 1.82) is 0 Å². The van der Waals surface area contributed by atoms with E-state index >= 15 is 0 Å². The van der Waals surface area contributed by atoms with Crippen LogP contribution in [0.4, 0.5) is 0 Å². The van der Waals surface area contributed by atoms with Crippen molar-refractivity contribution in [3.63, 3.8) is 0 Å². The SMILES string of the molecule is C1CN(C2CS2)C1. The summed E-state index contributed by atoms with van der Waals surface area (Å²) in [6.07, 6.45) is 1.44. The number of nitrogens with zero attached hydrogens (tertiary/aromatic N) is 1. The van der Waals surface area contributed by atoms with Gasteiger partial charge in [0.15, 0.2) is 0 Å². The van der Waals surface area contributed by atoms with Crippen LogP contribution in [0.5, 0.6) is 0 Å². The lowest BCUT2D eigenvalue weighted by Crippen LogP contribution is -2.38. The highest BCUT2D eigenvalue weighted by Crippen LogP contribution is 2.35. The quantitative estimate of drug-likeness (QED) is 0.464. The molecule has 0 aromatic heterocycles. The summed E-state index contributed by atoms with van der Waals surface area (Å²) in [4.78, 5) is 2.55. The van der Waals surface area contributed by atoms with E-state index in [0.717, 1.165) is 5.37 Å². The lowest BCUT2D eigenvalue weighted by Gasteiger charge is -2.29. The Morgan fingerprint density at radius 3 is 2.29 bits per heavy atom. The van der Waals surface area contributed by atoms with Gasteiger partial charge in [0.1, 0.15) is 0 Å². The molecule has 7 heavy (non-hydrogen) atoms. The molecule has 1 nitrogen and oxygen atoms in total. The highest BCUT2D eigenvalue weighted by Gasteiger charge is 2.32. The Hall–Kier alpha value is 0.310. The monoisotopic (exact) mass is 115 g/mol. The lowest BCUT2D eigenvalue weighted by atomic mass is 10.2. The first-order valence-corrected chi connectivity index (χ1v) is 3.87. The molecular weight excluding hydrogens is 106 g/mol. The van der Waals surface area contributed by atoms with Crippen molar-refractivity contribution in [1.82, 2.24) is 4.90 Å². The number of hydrogen-bond donors (Lipinski definition) is 0. The molecule has 0 saturated carbocycles. The van der Waals surface area contributed by atoms with Crippen molar-refractivity contribution in [3.05, 3.63) is 0 Å². The van der Waals surface area contributed by atoms with Crippen LogP contribution in [-0.2, 0) is 0 Å². The normalized spacial score (nSPS) is 40.3. The molecule has 0 spiro atoms. The summed E-state index contributed by atoms with van der Waals surface area (Å²) in [5.74, 6) is 1.40. The predicted octanol–water partition coefficient (Wildman–Crippen LogP) is 0.765. The first-order valence-electron chi connectivity index (χ1n) is 2.82. The van der Waals surface area contributed by atoms with Crippen molar-refractivity contribution in [3.8, 4) is 0 Å². The largest absolute Gasteiger partial charge is 0.291 e. The molecule has 2 heterocycles. The average Bonchev–Trinajstić information content (AvgIpc) is 2.10. The van der Waals surface area contributed by atoms with E-state index in [9.17, 15) is 0 Å². The molecule has 40 valence electrons. The van der Waals surface area contributed by atoms with Crippen molar-refractivity contribution in [2.75, 3.05) is 18.8 Å². The third-order valence-corrected chi connectivity index (χ3v) is 2.54. The zero-order valence-electron chi connectivity index (χ0n) is 4.26. The first-order chi connectivity index (χ1) is 3.47. The first kappa shape index (κ1) is 4.21. The van der Waals surface area contributed by atoms with E-state index in [1.165, 1.54) is 25.3 Å². The zero-order valence-corrected chi connectivity index (χ0v) is 5.08. The smallest absolute Gasteiger partial charge is 0.0650 e. The van der Waals surface area contributed by atoms with Crippen molar-refractivity contribution < 1.29 is 0 Å². The molecule has 0 amide bonds. The minimum atomic E-state index is 0.953. The molecule has 2 aliphatic heterocycles. The lowest BCUT2D eigenvalue weighted by molar-refractivity contribution is 0.189. The minimum absolute atomic E-state index is 0.953. The Kier molecular flexibility index (Phi) is 0.837. The summed E-state index contributed by atoms with van der Waals surface area (Å²) >= 11 is 2.08. The summed E-state index contributed by atoms with van der Waals surface area (Å²) in [7, 11) is 0. The molecule has 2 rings (SSSR count). The third kappa shape index (κ3) is 0.662. The van der Waals surface area contributed by atoms with Crippen molar-refractivity contribution in [2.45, 2.75) is 11.8 Å². The Morgan fingerprint density at radius 1 is 1.43 bits per heavy atom. The van der Waals surface area contributed by atoms with Crippen LogP contribution in [0.1, 0.15) is 6.42 Å². The Bertz CT molecular complexity index is 76.1. The molecule has 2 aliphatic rings. The summed E-state index contributed by atoms with van der Waals surface area (Å²) in [5, 5.41) is 0.953. The van der Waals surface area contributed by atoms with Gasteiger partial charge in [0.2, 0.25) is 0 Å². The minimum Gasteiger partial charge on any atom is -0.291 e. The zero-order chi connectivity index (χ0) is 4.69. The summed E-state index contributed by atoms with van der Waals surface area (Å²) in [6, 6.07) is 0. The van der Waals surface area contributed by atoms with Gasteiger partial charge in [0, 0.05) is 18.8 Å². The second-order valence-corrected chi connectivity index (χ2v) is 3.39. The third-order valence-electron chi connectivity index (χ3n) is 1.61. The van der Waals surface area contributed by atoms with Gasteiger partial charge in [-0.2, -0.15) is 0 Å². The van der Waals surface area contributed by atoms with Gasteiger partial charge in [-0.05, 0) is 6.42 Å².